The van der Waals surface area contributed by atoms with Crippen LogP contribution in [-0.4, -0.2) is 48.8 Å². The Labute approximate surface area is 178 Å². The van der Waals surface area contributed by atoms with Gasteiger partial charge >= 0.3 is 6.09 Å². The molecule has 2 rings (SSSR count). The van der Waals surface area contributed by atoms with Crippen molar-refractivity contribution in [2.75, 3.05) is 19.7 Å². The Hall–Kier alpha value is -1.71. The van der Waals surface area contributed by atoms with Gasteiger partial charge in [0, 0.05) is 19.1 Å². The van der Waals surface area contributed by atoms with Crippen molar-refractivity contribution in [3.05, 3.63) is 29.8 Å². The predicted octanol–water partition coefficient (Wildman–Crippen LogP) is 3.12. The monoisotopic (exact) mass is 490 g/mol. The smallest absolute Gasteiger partial charge is 0.409 e. The quantitative estimate of drug-likeness (QED) is 0.364. The molecule has 7 nitrogen and oxygen atoms in total. The molecule has 0 spiro atoms. The number of guanidine groups is 1. The fourth-order valence-electron chi connectivity index (χ4n) is 2.80. The Bertz CT molecular complexity index is 599. The fourth-order valence-corrected chi connectivity index (χ4v) is 2.80. The molecule has 1 saturated heterocycles. The Kier molecular flexibility index (Phi) is 10.3. The standard InChI is InChI=1S/C19H30N4O3.HI/c1-4-25-19(24)23-11-9-16(10-12-23)22-18(20)21-13-15-5-7-17(8-6-15)26-14(2)3;/h5-8,14,16H,4,9-13H2,1-3H3,(H3,20,21,22);1H. The van der Waals surface area contributed by atoms with E-state index in [0.717, 1.165) is 24.2 Å². The molecular weight excluding hydrogens is 459 g/mol. The van der Waals surface area contributed by atoms with Gasteiger partial charge in [-0.25, -0.2) is 9.79 Å². The highest BCUT2D eigenvalue weighted by Crippen LogP contribution is 2.14. The lowest BCUT2D eigenvalue weighted by molar-refractivity contribution is 0.0963. The van der Waals surface area contributed by atoms with Crippen molar-refractivity contribution in [1.29, 1.82) is 0 Å². The third kappa shape index (κ3) is 8.23. The number of nitrogens with one attached hydrogen (secondary N) is 1. The summed E-state index contributed by atoms with van der Waals surface area (Å²) in [5.41, 5.74) is 7.07. The van der Waals surface area contributed by atoms with E-state index in [0.29, 0.717) is 32.2 Å². The molecule has 0 atom stereocenters. The summed E-state index contributed by atoms with van der Waals surface area (Å²) in [7, 11) is 0. The Morgan fingerprint density at radius 1 is 1.30 bits per heavy atom. The minimum absolute atomic E-state index is 0. The molecule has 0 bridgehead atoms. The SMILES string of the molecule is CCOC(=O)N1CCC(NC(N)=NCc2ccc(OC(C)C)cc2)CC1.I. The molecule has 0 saturated carbocycles. The molecule has 1 aliphatic heterocycles. The van der Waals surface area contributed by atoms with Gasteiger partial charge in [0.05, 0.1) is 19.3 Å². The van der Waals surface area contributed by atoms with Gasteiger partial charge in [0.15, 0.2) is 5.96 Å². The number of benzene rings is 1. The van der Waals surface area contributed by atoms with Crippen molar-refractivity contribution in [3.63, 3.8) is 0 Å². The van der Waals surface area contributed by atoms with E-state index in [1.807, 2.05) is 45.0 Å². The summed E-state index contributed by atoms with van der Waals surface area (Å²) in [5, 5.41) is 3.24. The van der Waals surface area contributed by atoms with Crippen LogP contribution >= 0.6 is 24.0 Å². The van der Waals surface area contributed by atoms with E-state index < -0.39 is 0 Å². The van der Waals surface area contributed by atoms with E-state index in [1.54, 1.807) is 4.90 Å². The second-order valence-electron chi connectivity index (χ2n) is 6.62. The van der Waals surface area contributed by atoms with E-state index in [-0.39, 0.29) is 42.2 Å². The van der Waals surface area contributed by atoms with Gasteiger partial charge < -0.3 is 25.4 Å². The number of amides is 1. The lowest BCUT2D eigenvalue weighted by Gasteiger charge is -2.31. The maximum atomic E-state index is 11.7. The van der Waals surface area contributed by atoms with E-state index in [4.69, 9.17) is 15.2 Å². The van der Waals surface area contributed by atoms with Crippen molar-refractivity contribution < 1.29 is 14.3 Å². The first-order valence-electron chi connectivity index (χ1n) is 9.21. The largest absolute Gasteiger partial charge is 0.491 e. The number of likely N-dealkylation sites (tertiary alicyclic amines) is 1. The van der Waals surface area contributed by atoms with E-state index in [2.05, 4.69) is 10.3 Å². The summed E-state index contributed by atoms with van der Waals surface area (Å²) in [6.07, 6.45) is 1.58. The van der Waals surface area contributed by atoms with Crippen LogP contribution in [0.3, 0.4) is 0 Å². The van der Waals surface area contributed by atoms with Gasteiger partial charge in [0.1, 0.15) is 5.75 Å². The fraction of sp³-hybridized carbons (Fsp3) is 0.579. The molecule has 3 N–H and O–H groups in total. The van der Waals surface area contributed by atoms with Crippen LogP contribution in [0.25, 0.3) is 0 Å². The zero-order valence-corrected chi connectivity index (χ0v) is 18.6. The van der Waals surface area contributed by atoms with Crippen molar-refractivity contribution in [2.24, 2.45) is 10.7 Å². The van der Waals surface area contributed by atoms with Crippen LogP contribution in [0.2, 0.25) is 0 Å². The van der Waals surface area contributed by atoms with Crippen LogP contribution in [0.5, 0.6) is 5.75 Å². The average Bonchev–Trinajstić information content (AvgIpc) is 2.61. The maximum Gasteiger partial charge on any atom is 0.409 e. The predicted molar refractivity (Wildman–Crippen MR) is 118 cm³/mol. The van der Waals surface area contributed by atoms with Crippen molar-refractivity contribution in [1.82, 2.24) is 10.2 Å². The number of hydrogen-bond acceptors (Lipinski definition) is 4. The van der Waals surface area contributed by atoms with Gasteiger partial charge in [-0.2, -0.15) is 0 Å². The third-order valence-electron chi connectivity index (χ3n) is 4.10. The molecular formula is C19H31IN4O3. The number of nitrogens with two attached hydrogens (primary N) is 1. The van der Waals surface area contributed by atoms with Gasteiger partial charge in [-0.15, -0.1) is 24.0 Å². The summed E-state index contributed by atoms with van der Waals surface area (Å²) in [4.78, 5) is 17.8. The molecule has 1 amide bonds. The zero-order chi connectivity index (χ0) is 18.9. The molecule has 1 aromatic rings. The van der Waals surface area contributed by atoms with Crippen LogP contribution in [0.15, 0.2) is 29.3 Å². The number of carbonyl (C=O) groups is 1. The first kappa shape index (κ1) is 23.3. The maximum absolute atomic E-state index is 11.7. The zero-order valence-electron chi connectivity index (χ0n) is 16.3. The topological polar surface area (TPSA) is 89.2 Å². The molecule has 1 heterocycles. The van der Waals surface area contributed by atoms with Crippen LogP contribution in [0.1, 0.15) is 39.2 Å². The van der Waals surface area contributed by atoms with Gasteiger partial charge in [0.2, 0.25) is 0 Å². The van der Waals surface area contributed by atoms with Crippen LogP contribution in [0, 0.1) is 0 Å². The number of aliphatic imine (C=N–C) groups is 1. The summed E-state index contributed by atoms with van der Waals surface area (Å²) >= 11 is 0. The summed E-state index contributed by atoms with van der Waals surface area (Å²) in [6, 6.07) is 8.10. The Morgan fingerprint density at radius 2 is 1.93 bits per heavy atom. The van der Waals surface area contributed by atoms with Gasteiger partial charge in [-0.3, -0.25) is 0 Å². The van der Waals surface area contributed by atoms with E-state index in [1.165, 1.54) is 0 Å². The minimum atomic E-state index is -0.238. The lowest BCUT2D eigenvalue weighted by atomic mass is 10.1. The first-order valence-corrected chi connectivity index (χ1v) is 9.21. The van der Waals surface area contributed by atoms with Crippen LogP contribution in [0.4, 0.5) is 4.79 Å². The number of hydrogen-bond donors (Lipinski definition) is 2. The van der Waals surface area contributed by atoms with Gasteiger partial charge in [-0.1, -0.05) is 12.1 Å². The summed E-state index contributed by atoms with van der Waals surface area (Å²) in [6.45, 7) is 8.07. The summed E-state index contributed by atoms with van der Waals surface area (Å²) in [5.74, 6) is 1.29. The van der Waals surface area contributed by atoms with Crippen molar-refractivity contribution in [3.8, 4) is 5.75 Å². The summed E-state index contributed by atoms with van der Waals surface area (Å²) < 4.78 is 10.7. The molecule has 0 unspecified atom stereocenters. The molecule has 0 aromatic heterocycles. The Morgan fingerprint density at radius 3 is 2.48 bits per heavy atom. The lowest BCUT2D eigenvalue weighted by Crippen LogP contribution is -2.48. The van der Waals surface area contributed by atoms with Crippen molar-refractivity contribution >= 4 is 36.0 Å². The van der Waals surface area contributed by atoms with Gasteiger partial charge in [-0.05, 0) is 51.3 Å². The minimum Gasteiger partial charge on any atom is -0.491 e. The van der Waals surface area contributed by atoms with Crippen LogP contribution < -0.4 is 15.8 Å². The highest BCUT2D eigenvalue weighted by atomic mass is 127. The molecule has 8 heteroatoms. The van der Waals surface area contributed by atoms with Gasteiger partial charge in [0.25, 0.3) is 0 Å². The molecule has 1 aliphatic rings. The number of piperidine rings is 1. The molecule has 0 aliphatic carbocycles. The van der Waals surface area contributed by atoms with Crippen molar-refractivity contribution in [2.45, 2.75) is 52.3 Å². The molecule has 152 valence electrons. The number of halogens is 1. The second kappa shape index (κ2) is 11.9. The van der Waals surface area contributed by atoms with Crippen LogP contribution in [-0.2, 0) is 11.3 Å². The molecule has 1 fully saturated rings. The van der Waals surface area contributed by atoms with E-state index >= 15 is 0 Å². The van der Waals surface area contributed by atoms with E-state index in [9.17, 15) is 4.79 Å². The number of ether oxygens (including phenoxy) is 2. The first-order chi connectivity index (χ1) is 12.5. The average molecular weight is 490 g/mol. The number of rotatable bonds is 6. The normalized spacial score (nSPS) is 15.3. The molecule has 0 radical (unpaired) electrons. The Balaban J connectivity index is 0.00000364. The highest BCUT2D eigenvalue weighted by molar-refractivity contribution is 14.0. The third-order valence-corrected chi connectivity index (χ3v) is 4.10. The number of nitrogens with zero attached hydrogens (tertiary/aromatic N) is 2. The second-order valence-corrected chi connectivity index (χ2v) is 6.62. The number of carbonyl (C=O) groups excluding carboxylic acids is 1. The highest BCUT2D eigenvalue weighted by Gasteiger charge is 2.23. The molecule has 27 heavy (non-hydrogen) atoms. The molecule has 1 aromatic carbocycles.